The molecule has 4 nitrogen and oxygen atoms in total. The summed E-state index contributed by atoms with van der Waals surface area (Å²) in [6.07, 6.45) is 1.88. The van der Waals surface area contributed by atoms with Gasteiger partial charge in [-0.3, -0.25) is 0 Å². The SMILES string of the molecule is CCNCc1cnc(C(C)OC)[nH]1. The van der Waals surface area contributed by atoms with Crippen molar-refractivity contribution in [2.45, 2.75) is 26.5 Å². The minimum absolute atomic E-state index is 0.0374. The topological polar surface area (TPSA) is 49.9 Å². The summed E-state index contributed by atoms with van der Waals surface area (Å²) in [7, 11) is 1.68. The number of rotatable bonds is 5. The lowest BCUT2D eigenvalue weighted by Crippen LogP contribution is -2.12. The molecule has 1 atom stereocenters. The number of H-pyrrole nitrogens is 1. The van der Waals surface area contributed by atoms with Gasteiger partial charge in [-0.05, 0) is 13.5 Å². The molecule has 2 N–H and O–H groups in total. The van der Waals surface area contributed by atoms with Crippen LogP contribution in [0.2, 0.25) is 0 Å². The molecule has 0 spiro atoms. The molecular weight excluding hydrogens is 166 g/mol. The molecule has 13 heavy (non-hydrogen) atoms. The highest BCUT2D eigenvalue weighted by molar-refractivity contribution is 5.02. The van der Waals surface area contributed by atoms with Crippen molar-refractivity contribution in [2.75, 3.05) is 13.7 Å². The Kier molecular flexibility index (Phi) is 3.92. The summed E-state index contributed by atoms with van der Waals surface area (Å²) in [5.41, 5.74) is 1.10. The average Bonchev–Trinajstić information content (AvgIpc) is 2.62. The largest absolute Gasteiger partial charge is 0.374 e. The van der Waals surface area contributed by atoms with Crippen molar-refractivity contribution in [1.29, 1.82) is 0 Å². The van der Waals surface area contributed by atoms with Crippen LogP contribution in [-0.4, -0.2) is 23.6 Å². The normalized spacial score (nSPS) is 13.2. The highest BCUT2D eigenvalue weighted by Gasteiger charge is 2.07. The highest BCUT2D eigenvalue weighted by atomic mass is 16.5. The van der Waals surface area contributed by atoms with E-state index in [0.717, 1.165) is 24.6 Å². The summed E-state index contributed by atoms with van der Waals surface area (Å²) < 4.78 is 5.14. The Balaban J connectivity index is 2.53. The number of methoxy groups -OCH3 is 1. The molecule has 0 bridgehead atoms. The molecule has 1 aromatic heterocycles. The molecule has 0 amide bonds. The first kappa shape index (κ1) is 10.2. The van der Waals surface area contributed by atoms with E-state index in [9.17, 15) is 0 Å². The van der Waals surface area contributed by atoms with Crippen LogP contribution in [-0.2, 0) is 11.3 Å². The Labute approximate surface area is 78.7 Å². The van der Waals surface area contributed by atoms with Crippen molar-refractivity contribution in [2.24, 2.45) is 0 Å². The minimum atomic E-state index is 0.0374. The monoisotopic (exact) mass is 183 g/mol. The van der Waals surface area contributed by atoms with Crippen LogP contribution >= 0.6 is 0 Å². The summed E-state index contributed by atoms with van der Waals surface area (Å²) in [6.45, 7) is 5.85. The molecule has 1 rings (SSSR count). The van der Waals surface area contributed by atoms with Crippen LogP contribution in [0.25, 0.3) is 0 Å². The molecule has 1 aromatic rings. The Morgan fingerprint density at radius 2 is 2.46 bits per heavy atom. The molecule has 0 radical (unpaired) electrons. The van der Waals surface area contributed by atoms with Crippen LogP contribution in [0.1, 0.15) is 31.5 Å². The van der Waals surface area contributed by atoms with E-state index in [1.165, 1.54) is 0 Å². The lowest BCUT2D eigenvalue weighted by molar-refractivity contribution is 0.112. The number of nitrogens with zero attached hydrogens (tertiary/aromatic N) is 1. The average molecular weight is 183 g/mol. The van der Waals surface area contributed by atoms with E-state index in [4.69, 9.17) is 4.74 Å². The first-order valence-electron chi connectivity index (χ1n) is 4.55. The number of hydrogen-bond acceptors (Lipinski definition) is 3. The molecular formula is C9H17N3O. The minimum Gasteiger partial charge on any atom is -0.374 e. The van der Waals surface area contributed by atoms with Gasteiger partial charge in [-0.1, -0.05) is 6.92 Å². The van der Waals surface area contributed by atoms with Gasteiger partial charge in [-0.15, -0.1) is 0 Å². The summed E-state index contributed by atoms with van der Waals surface area (Å²) in [5.74, 6) is 0.885. The van der Waals surface area contributed by atoms with E-state index in [-0.39, 0.29) is 6.10 Å². The van der Waals surface area contributed by atoms with E-state index >= 15 is 0 Å². The van der Waals surface area contributed by atoms with E-state index < -0.39 is 0 Å². The van der Waals surface area contributed by atoms with Crippen LogP contribution in [0.15, 0.2) is 6.20 Å². The number of nitrogens with one attached hydrogen (secondary N) is 2. The van der Waals surface area contributed by atoms with E-state index in [1.807, 2.05) is 13.1 Å². The first-order chi connectivity index (χ1) is 6.27. The molecule has 1 unspecified atom stereocenters. The van der Waals surface area contributed by atoms with Crippen molar-refractivity contribution >= 4 is 0 Å². The summed E-state index contributed by atoms with van der Waals surface area (Å²) in [4.78, 5) is 7.42. The second kappa shape index (κ2) is 4.99. The maximum Gasteiger partial charge on any atom is 0.135 e. The van der Waals surface area contributed by atoms with Gasteiger partial charge in [0.15, 0.2) is 0 Å². The number of ether oxygens (including phenoxy) is 1. The second-order valence-electron chi connectivity index (χ2n) is 2.95. The fourth-order valence-electron chi connectivity index (χ4n) is 1.04. The summed E-state index contributed by atoms with van der Waals surface area (Å²) >= 11 is 0. The van der Waals surface area contributed by atoms with Crippen molar-refractivity contribution in [1.82, 2.24) is 15.3 Å². The second-order valence-corrected chi connectivity index (χ2v) is 2.95. The zero-order valence-electron chi connectivity index (χ0n) is 8.42. The van der Waals surface area contributed by atoms with Gasteiger partial charge < -0.3 is 15.0 Å². The fourth-order valence-corrected chi connectivity index (χ4v) is 1.04. The van der Waals surface area contributed by atoms with Gasteiger partial charge in [-0.2, -0.15) is 0 Å². The van der Waals surface area contributed by atoms with E-state index in [2.05, 4.69) is 22.2 Å². The molecule has 0 aliphatic rings. The predicted molar refractivity (Wildman–Crippen MR) is 51.4 cm³/mol. The first-order valence-corrected chi connectivity index (χ1v) is 4.55. The van der Waals surface area contributed by atoms with Crippen molar-refractivity contribution in [3.8, 4) is 0 Å². The molecule has 0 fully saturated rings. The van der Waals surface area contributed by atoms with E-state index in [0.29, 0.717) is 0 Å². The quantitative estimate of drug-likeness (QED) is 0.721. The number of imidazole rings is 1. The Hall–Kier alpha value is -0.870. The summed E-state index contributed by atoms with van der Waals surface area (Å²) in [5, 5.41) is 3.22. The van der Waals surface area contributed by atoms with Gasteiger partial charge in [0.2, 0.25) is 0 Å². The Morgan fingerprint density at radius 3 is 3.08 bits per heavy atom. The number of aromatic nitrogens is 2. The third-order valence-corrected chi connectivity index (χ3v) is 1.95. The van der Waals surface area contributed by atoms with E-state index in [1.54, 1.807) is 7.11 Å². The van der Waals surface area contributed by atoms with Gasteiger partial charge in [0.1, 0.15) is 11.9 Å². The Bertz CT molecular complexity index is 247. The lowest BCUT2D eigenvalue weighted by atomic mass is 10.4. The maximum atomic E-state index is 5.14. The molecule has 74 valence electrons. The number of aromatic amines is 1. The van der Waals surface area contributed by atoms with Crippen LogP contribution in [0, 0.1) is 0 Å². The lowest BCUT2D eigenvalue weighted by Gasteiger charge is -2.04. The molecule has 0 aliphatic carbocycles. The van der Waals surface area contributed by atoms with Crippen LogP contribution < -0.4 is 5.32 Å². The van der Waals surface area contributed by atoms with Gasteiger partial charge in [0.05, 0.1) is 0 Å². The van der Waals surface area contributed by atoms with Gasteiger partial charge in [0, 0.05) is 25.5 Å². The standard InChI is InChI=1S/C9H17N3O/c1-4-10-5-8-6-11-9(12-8)7(2)13-3/h6-7,10H,4-5H2,1-3H3,(H,11,12). The van der Waals surface area contributed by atoms with Gasteiger partial charge >= 0.3 is 0 Å². The zero-order valence-corrected chi connectivity index (χ0v) is 8.42. The van der Waals surface area contributed by atoms with Crippen molar-refractivity contribution in [3.63, 3.8) is 0 Å². The molecule has 0 saturated heterocycles. The van der Waals surface area contributed by atoms with Crippen LogP contribution in [0.5, 0.6) is 0 Å². The number of hydrogen-bond donors (Lipinski definition) is 2. The molecule has 4 heteroatoms. The zero-order chi connectivity index (χ0) is 9.68. The van der Waals surface area contributed by atoms with Crippen molar-refractivity contribution in [3.05, 3.63) is 17.7 Å². The van der Waals surface area contributed by atoms with Gasteiger partial charge in [-0.25, -0.2) is 4.98 Å². The Morgan fingerprint density at radius 1 is 1.69 bits per heavy atom. The highest BCUT2D eigenvalue weighted by Crippen LogP contribution is 2.10. The maximum absolute atomic E-state index is 5.14. The van der Waals surface area contributed by atoms with Crippen LogP contribution in [0.3, 0.4) is 0 Å². The molecule has 0 aromatic carbocycles. The third-order valence-electron chi connectivity index (χ3n) is 1.95. The summed E-state index contributed by atoms with van der Waals surface area (Å²) in [6, 6.07) is 0. The van der Waals surface area contributed by atoms with Gasteiger partial charge in [0.25, 0.3) is 0 Å². The molecule has 0 saturated carbocycles. The fraction of sp³-hybridized carbons (Fsp3) is 0.667. The smallest absolute Gasteiger partial charge is 0.135 e. The predicted octanol–water partition coefficient (Wildman–Crippen LogP) is 1.23. The molecule has 0 aliphatic heterocycles. The van der Waals surface area contributed by atoms with Crippen molar-refractivity contribution < 1.29 is 4.74 Å². The van der Waals surface area contributed by atoms with Crippen LogP contribution in [0.4, 0.5) is 0 Å². The molecule has 1 heterocycles. The third kappa shape index (κ3) is 2.82.